The number of ether oxygens (including phenoxy) is 3. The van der Waals surface area contributed by atoms with Gasteiger partial charge in [0.1, 0.15) is 29.7 Å². The molecule has 10 heteroatoms. The van der Waals surface area contributed by atoms with Gasteiger partial charge in [-0.1, -0.05) is 12.6 Å². The van der Waals surface area contributed by atoms with E-state index in [1.165, 1.54) is 6.08 Å². The van der Waals surface area contributed by atoms with Crippen LogP contribution in [-0.2, 0) is 9.53 Å². The van der Waals surface area contributed by atoms with Crippen molar-refractivity contribution < 1.29 is 23.8 Å². The minimum atomic E-state index is -0.358. The normalized spacial score (nSPS) is 13.4. The van der Waals surface area contributed by atoms with E-state index in [0.717, 1.165) is 19.6 Å². The van der Waals surface area contributed by atoms with Gasteiger partial charge in [-0.05, 0) is 54.6 Å². The summed E-state index contributed by atoms with van der Waals surface area (Å²) < 4.78 is 17.6. The maximum atomic E-state index is 12.5. The Kier molecular flexibility index (Phi) is 8.60. The molecule has 0 saturated carbocycles. The fourth-order valence-electron chi connectivity index (χ4n) is 4.17. The van der Waals surface area contributed by atoms with Gasteiger partial charge in [0.2, 0.25) is 5.91 Å². The van der Waals surface area contributed by atoms with E-state index < -0.39 is 0 Å². The number of carbonyl (C=O) groups excluding carboxylic acids is 2. The summed E-state index contributed by atoms with van der Waals surface area (Å²) in [5.74, 6) is 1.41. The van der Waals surface area contributed by atoms with E-state index in [0.29, 0.717) is 65.0 Å². The van der Waals surface area contributed by atoms with Gasteiger partial charge in [-0.2, -0.15) is 0 Å². The second-order valence-electron chi connectivity index (χ2n) is 8.97. The number of morpholine rings is 1. The largest absolute Gasteiger partial charge is 0.490 e. The van der Waals surface area contributed by atoms with Crippen LogP contribution in [0.15, 0.2) is 85.7 Å². The first-order chi connectivity index (χ1) is 19.6. The number of nitrogens with one attached hydrogen (secondary N) is 2. The van der Waals surface area contributed by atoms with Crippen molar-refractivity contribution in [1.82, 2.24) is 14.9 Å². The van der Waals surface area contributed by atoms with Crippen LogP contribution in [0.1, 0.15) is 10.4 Å². The van der Waals surface area contributed by atoms with Crippen molar-refractivity contribution in [2.24, 2.45) is 0 Å². The minimum absolute atomic E-state index is 0.275. The summed E-state index contributed by atoms with van der Waals surface area (Å²) in [4.78, 5) is 35.6. The topological polar surface area (TPSA) is 115 Å². The first kappa shape index (κ1) is 26.8. The summed E-state index contributed by atoms with van der Waals surface area (Å²) in [6.45, 7) is 7.88. The van der Waals surface area contributed by atoms with Gasteiger partial charge in [-0.25, -0.2) is 4.98 Å². The smallest absolute Gasteiger partial charge is 0.256 e. The number of pyridine rings is 2. The monoisotopic (exact) mass is 539 g/mol. The van der Waals surface area contributed by atoms with Crippen LogP contribution in [0.4, 0.5) is 11.5 Å². The van der Waals surface area contributed by atoms with Crippen molar-refractivity contribution in [2.75, 3.05) is 50.1 Å². The highest BCUT2D eigenvalue weighted by Gasteiger charge is 2.15. The van der Waals surface area contributed by atoms with Gasteiger partial charge in [0, 0.05) is 49.0 Å². The molecule has 40 heavy (non-hydrogen) atoms. The average Bonchev–Trinajstić information content (AvgIpc) is 2.99. The van der Waals surface area contributed by atoms with Gasteiger partial charge in [-0.3, -0.25) is 19.5 Å². The number of amides is 2. The number of rotatable bonds is 10. The number of anilines is 2. The molecule has 1 saturated heterocycles. The molecule has 4 aromatic rings. The van der Waals surface area contributed by atoms with E-state index in [4.69, 9.17) is 14.2 Å². The second-order valence-corrected chi connectivity index (χ2v) is 8.97. The van der Waals surface area contributed by atoms with Crippen molar-refractivity contribution in [2.45, 2.75) is 0 Å². The van der Waals surface area contributed by atoms with Crippen molar-refractivity contribution in [3.63, 3.8) is 0 Å². The third-order valence-corrected chi connectivity index (χ3v) is 6.27. The molecular formula is C30H29N5O5. The van der Waals surface area contributed by atoms with Crippen LogP contribution in [0.5, 0.6) is 17.2 Å². The van der Waals surface area contributed by atoms with Crippen LogP contribution in [0.25, 0.3) is 10.9 Å². The molecule has 0 atom stereocenters. The van der Waals surface area contributed by atoms with E-state index >= 15 is 0 Å². The van der Waals surface area contributed by atoms with Gasteiger partial charge in [0.25, 0.3) is 5.91 Å². The molecule has 1 fully saturated rings. The average molecular weight is 540 g/mol. The molecule has 1 aliphatic heterocycles. The van der Waals surface area contributed by atoms with Crippen LogP contribution in [0, 0.1) is 0 Å². The van der Waals surface area contributed by atoms with Gasteiger partial charge in [-0.15, -0.1) is 0 Å². The summed E-state index contributed by atoms with van der Waals surface area (Å²) in [7, 11) is 0. The number of carbonyl (C=O) groups is 2. The summed E-state index contributed by atoms with van der Waals surface area (Å²) in [5.41, 5.74) is 1.59. The van der Waals surface area contributed by atoms with Crippen LogP contribution < -0.4 is 20.1 Å². The molecule has 2 amide bonds. The second kappa shape index (κ2) is 12.8. The highest BCUT2D eigenvalue weighted by molar-refractivity contribution is 6.04. The third-order valence-electron chi connectivity index (χ3n) is 6.27. The number of benzene rings is 2. The molecule has 0 aliphatic carbocycles. The zero-order valence-electron chi connectivity index (χ0n) is 21.8. The molecule has 0 unspecified atom stereocenters. The lowest BCUT2D eigenvalue weighted by Gasteiger charge is -2.26. The lowest BCUT2D eigenvalue weighted by atomic mass is 10.1. The van der Waals surface area contributed by atoms with Crippen molar-refractivity contribution in [3.8, 4) is 17.2 Å². The van der Waals surface area contributed by atoms with Crippen LogP contribution in [0.2, 0.25) is 0 Å². The Hall–Kier alpha value is -4.80. The van der Waals surface area contributed by atoms with Gasteiger partial charge in [0.05, 0.1) is 24.4 Å². The van der Waals surface area contributed by atoms with Crippen molar-refractivity contribution >= 4 is 34.2 Å². The van der Waals surface area contributed by atoms with Crippen LogP contribution in [-0.4, -0.2) is 66.1 Å². The molecule has 2 N–H and O–H groups in total. The predicted octanol–water partition coefficient (Wildman–Crippen LogP) is 4.51. The quantitative estimate of drug-likeness (QED) is 0.283. The molecule has 1 aliphatic rings. The van der Waals surface area contributed by atoms with Gasteiger partial charge in [0.15, 0.2) is 0 Å². The predicted molar refractivity (Wildman–Crippen MR) is 152 cm³/mol. The minimum Gasteiger partial charge on any atom is -0.490 e. The highest BCUT2D eigenvalue weighted by atomic mass is 16.5. The molecule has 10 nitrogen and oxygen atoms in total. The first-order valence-electron chi connectivity index (χ1n) is 12.9. The molecule has 0 radical (unpaired) electrons. The molecule has 2 aromatic heterocycles. The summed E-state index contributed by atoms with van der Waals surface area (Å²) in [6.07, 6.45) is 4.46. The van der Waals surface area contributed by atoms with Crippen molar-refractivity contribution in [3.05, 3.63) is 91.3 Å². The maximum absolute atomic E-state index is 12.5. The molecular weight excluding hydrogens is 510 g/mol. The van der Waals surface area contributed by atoms with E-state index in [9.17, 15) is 9.59 Å². The SMILES string of the molecule is C=CC(=O)Nc1cc2c(Oc3ccc(C(=O)Nc4ccccn4)cc3)ccnc2cc1OCCN1CCOCC1. The van der Waals surface area contributed by atoms with E-state index in [1.807, 2.05) is 0 Å². The highest BCUT2D eigenvalue weighted by Crippen LogP contribution is 2.36. The maximum Gasteiger partial charge on any atom is 0.256 e. The Morgan fingerprint density at radius 2 is 1.80 bits per heavy atom. The Bertz CT molecular complexity index is 1490. The fraction of sp³-hybridized carbons (Fsp3) is 0.200. The Balaban J connectivity index is 1.33. The lowest BCUT2D eigenvalue weighted by molar-refractivity contribution is -0.111. The molecule has 3 heterocycles. The Labute approximate surface area is 231 Å². The summed E-state index contributed by atoms with van der Waals surface area (Å²) in [6, 6.07) is 17.4. The molecule has 5 rings (SSSR count). The Morgan fingerprint density at radius 1 is 0.975 bits per heavy atom. The molecule has 2 aromatic carbocycles. The lowest BCUT2D eigenvalue weighted by Crippen LogP contribution is -2.38. The van der Waals surface area contributed by atoms with E-state index in [1.54, 1.807) is 73.1 Å². The number of fused-ring (bicyclic) bond motifs is 1. The van der Waals surface area contributed by atoms with Gasteiger partial charge < -0.3 is 24.8 Å². The zero-order chi connectivity index (χ0) is 27.7. The van der Waals surface area contributed by atoms with Crippen LogP contribution in [0.3, 0.4) is 0 Å². The standard InChI is InChI=1S/C30H29N5O5/c1-2-29(36)33-25-19-23-24(20-27(25)39-18-15-35-13-16-38-17-14-35)31-12-10-26(23)40-22-8-6-21(7-9-22)30(37)34-28-5-3-4-11-32-28/h2-12,19-20H,1,13-18H2,(H,33,36)(H,32,34,37). The number of nitrogens with zero attached hydrogens (tertiary/aromatic N) is 3. The van der Waals surface area contributed by atoms with Crippen molar-refractivity contribution in [1.29, 1.82) is 0 Å². The first-order valence-corrected chi connectivity index (χ1v) is 12.9. The summed E-state index contributed by atoms with van der Waals surface area (Å²) >= 11 is 0. The van der Waals surface area contributed by atoms with Gasteiger partial charge >= 0.3 is 0 Å². The summed E-state index contributed by atoms with van der Waals surface area (Å²) in [5, 5.41) is 6.26. The fourth-order valence-corrected chi connectivity index (χ4v) is 4.17. The van der Waals surface area contributed by atoms with E-state index in [-0.39, 0.29) is 11.8 Å². The molecule has 204 valence electrons. The Morgan fingerprint density at radius 3 is 2.55 bits per heavy atom. The number of hydrogen-bond donors (Lipinski definition) is 2. The van der Waals surface area contributed by atoms with E-state index in [2.05, 4.69) is 32.1 Å². The molecule has 0 spiro atoms. The number of aromatic nitrogens is 2. The van der Waals surface area contributed by atoms with Crippen LogP contribution >= 0.6 is 0 Å². The third kappa shape index (κ3) is 6.79. The zero-order valence-corrected chi connectivity index (χ0v) is 21.8. The number of hydrogen-bond acceptors (Lipinski definition) is 8. The molecule has 0 bridgehead atoms.